The van der Waals surface area contributed by atoms with E-state index >= 15 is 0 Å². The van der Waals surface area contributed by atoms with E-state index in [1.807, 2.05) is 0 Å². The second kappa shape index (κ2) is 18.0. The number of aliphatic hydroxyl groups is 2. The van der Waals surface area contributed by atoms with Gasteiger partial charge in [-0.05, 0) is 76.2 Å². The van der Waals surface area contributed by atoms with Gasteiger partial charge in [-0.25, -0.2) is 0 Å². The molecule has 5 aromatic carbocycles. The summed E-state index contributed by atoms with van der Waals surface area (Å²) in [5.74, 6) is -2.65. The van der Waals surface area contributed by atoms with Crippen LogP contribution in [0.2, 0.25) is 0 Å². The number of Topliss-reactive ketones (excluding diaryl/α,β-unsaturated/α-hetero) is 2. The fraction of sp³-hybridized carbons (Fsp3) is 0.273. The summed E-state index contributed by atoms with van der Waals surface area (Å²) in [7, 11) is 0. The quantitative estimate of drug-likeness (QED) is 0.0343. The van der Waals surface area contributed by atoms with Crippen molar-refractivity contribution in [2.45, 2.75) is 64.6 Å². The molecule has 0 bridgehead atoms. The topological polar surface area (TPSA) is 189 Å². The number of carbonyl (C=O) groups is 6. The lowest BCUT2D eigenvalue weighted by molar-refractivity contribution is -0.147. The third-order valence-electron chi connectivity index (χ3n) is 8.52. The molecular weight excluding hydrogens is 736 g/mol. The zero-order valence-electron chi connectivity index (χ0n) is 31.9. The minimum Gasteiger partial charge on any atom is -0.490 e. The molecule has 0 saturated carbocycles. The predicted molar refractivity (Wildman–Crippen MR) is 207 cm³/mol. The Morgan fingerprint density at radius 3 is 1.19 bits per heavy atom. The van der Waals surface area contributed by atoms with Crippen LogP contribution in [0.15, 0.2) is 97.1 Å². The Bertz CT molecular complexity index is 2240. The van der Waals surface area contributed by atoms with E-state index in [2.05, 4.69) is 0 Å². The van der Waals surface area contributed by atoms with E-state index in [1.54, 1.807) is 60.7 Å². The van der Waals surface area contributed by atoms with E-state index in [0.29, 0.717) is 32.9 Å². The largest absolute Gasteiger partial charge is 0.490 e. The van der Waals surface area contributed by atoms with E-state index in [4.69, 9.17) is 23.7 Å². The first kappa shape index (κ1) is 41.7. The lowest BCUT2D eigenvalue weighted by Crippen LogP contribution is -2.31. The van der Waals surface area contributed by atoms with Crippen LogP contribution in [0.25, 0.3) is 21.5 Å². The van der Waals surface area contributed by atoms with Crippen molar-refractivity contribution < 1.29 is 62.7 Å². The number of benzene rings is 5. The number of ether oxygens (including phenoxy) is 5. The third kappa shape index (κ3) is 11.1. The van der Waals surface area contributed by atoms with Crippen LogP contribution in [0, 0.1) is 0 Å². The Balaban J connectivity index is 1.15. The molecule has 5 rings (SSSR count). The molecule has 0 aliphatic rings. The molecule has 0 fully saturated rings. The van der Waals surface area contributed by atoms with Gasteiger partial charge in [-0.2, -0.15) is 0 Å². The van der Waals surface area contributed by atoms with E-state index in [9.17, 15) is 39.0 Å². The van der Waals surface area contributed by atoms with Gasteiger partial charge in [0.1, 0.15) is 47.4 Å². The molecule has 13 nitrogen and oxygen atoms in total. The first-order valence-electron chi connectivity index (χ1n) is 18.1. The zero-order valence-corrected chi connectivity index (χ0v) is 31.9. The lowest BCUT2D eigenvalue weighted by Gasteiger charge is -2.16. The normalized spacial score (nSPS) is 11.5. The van der Waals surface area contributed by atoms with Crippen molar-refractivity contribution >= 4 is 57.0 Å². The van der Waals surface area contributed by atoms with Gasteiger partial charge < -0.3 is 33.9 Å². The maximum Gasteiger partial charge on any atom is 0.311 e. The van der Waals surface area contributed by atoms with Gasteiger partial charge in [0.25, 0.3) is 0 Å². The molecule has 57 heavy (non-hydrogen) atoms. The van der Waals surface area contributed by atoms with E-state index in [-0.39, 0.29) is 61.7 Å². The van der Waals surface area contributed by atoms with Crippen LogP contribution in [0.5, 0.6) is 23.0 Å². The zero-order chi connectivity index (χ0) is 41.3. The number of carbonyl (C=O) groups excluding carboxylic acids is 6. The van der Waals surface area contributed by atoms with E-state index in [1.165, 1.54) is 64.1 Å². The summed E-state index contributed by atoms with van der Waals surface area (Å²) in [4.78, 5) is 75.5. The highest BCUT2D eigenvalue weighted by Gasteiger charge is 2.26. The summed E-state index contributed by atoms with van der Waals surface area (Å²) < 4.78 is 27.7. The van der Waals surface area contributed by atoms with Crippen LogP contribution >= 0.6 is 0 Å². The summed E-state index contributed by atoms with van der Waals surface area (Å²) in [6.45, 7) is 5.50. The standard InChI is InChI=1S/C44H42O13/c1-43(2,51)41(49)27-13-17-29(18-14-27)53-25-26-54-35(45)21-22-37(47)56-39-31-9-5-7-11-33(31)40(34-12-8-6-10-32(34)39)57-38(48)24-23-36(46)55-30-19-15-28(16-20-30)42(50)44(3,4)52/h5-20,51-52H,21-26H2,1-4H3. The lowest BCUT2D eigenvalue weighted by atomic mass is 9.97. The molecule has 2 N–H and O–H groups in total. The van der Waals surface area contributed by atoms with Crippen LogP contribution in [-0.2, 0) is 23.9 Å². The molecule has 0 spiro atoms. The van der Waals surface area contributed by atoms with Crippen molar-refractivity contribution in [1.29, 1.82) is 0 Å². The van der Waals surface area contributed by atoms with Crippen LogP contribution < -0.4 is 18.9 Å². The molecule has 0 heterocycles. The SMILES string of the molecule is CC(C)(O)C(=O)c1ccc(OCCOC(=O)CCC(=O)Oc2c3ccccc3c(OC(=O)CCC(=O)Oc3ccc(C(=O)C(C)(C)O)cc3)c3ccccc23)cc1. The molecule has 0 radical (unpaired) electrons. The number of ketones is 2. The Hall–Kier alpha value is -6.44. The first-order valence-corrected chi connectivity index (χ1v) is 18.1. The van der Waals surface area contributed by atoms with Crippen LogP contribution in [0.4, 0.5) is 0 Å². The Morgan fingerprint density at radius 1 is 0.456 bits per heavy atom. The summed E-state index contributed by atoms with van der Waals surface area (Å²) in [6.07, 6.45) is -1.15. The van der Waals surface area contributed by atoms with Gasteiger partial charge in [0.2, 0.25) is 0 Å². The molecule has 13 heteroatoms. The van der Waals surface area contributed by atoms with Crippen molar-refractivity contribution in [2.24, 2.45) is 0 Å². The molecule has 296 valence electrons. The number of fused-ring (bicyclic) bond motifs is 2. The fourth-order valence-electron chi connectivity index (χ4n) is 5.66. The molecular formula is C44H42O13. The third-order valence-corrected chi connectivity index (χ3v) is 8.52. The van der Waals surface area contributed by atoms with Gasteiger partial charge in [-0.3, -0.25) is 28.8 Å². The van der Waals surface area contributed by atoms with Crippen molar-refractivity contribution in [2.75, 3.05) is 13.2 Å². The first-order chi connectivity index (χ1) is 27.0. The van der Waals surface area contributed by atoms with Gasteiger partial charge in [0.15, 0.2) is 11.6 Å². The Labute approximate surface area is 328 Å². The highest BCUT2D eigenvalue weighted by molar-refractivity contribution is 6.13. The van der Waals surface area contributed by atoms with Gasteiger partial charge >= 0.3 is 23.9 Å². The second-order valence-electron chi connectivity index (χ2n) is 14.1. The molecule has 0 saturated heterocycles. The van der Waals surface area contributed by atoms with Crippen LogP contribution in [0.3, 0.4) is 0 Å². The summed E-state index contributed by atoms with van der Waals surface area (Å²) >= 11 is 0. The fourth-order valence-corrected chi connectivity index (χ4v) is 5.66. The summed E-state index contributed by atoms with van der Waals surface area (Å²) in [5.41, 5.74) is -2.49. The minimum atomic E-state index is -1.56. The number of hydrogen-bond donors (Lipinski definition) is 2. The molecule has 0 aromatic heterocycles. The van der Waals surface area contributed by atoms with Gasteiger partial charge in [0.05, 0.1) is 25.7 Å². The van der Waals surface area contributed by atoms with Crippen molar-refractivity contribution in [3.8, 4) is 23.0 Å². The predicted octanol–water partition coefficient (Wildman–Crippen LogP) is 6.50. The molecule has 0 atom stereocenters. The monoisotopic (exact) mass is 778 g/mol. The Morgan fingerprint density at radius 2 is 0.807 bits per heavy atom. The molecule has 0 aliphatic carbocycles. The van der Waals surface area contributed by atoms with E-state index < -0.39 is 46.6 Å². The maximum atomic E-state index is 13.1. The van der Waals surface area contributed by atoms with Crippen molar-refractivity contribution in [1.82, 2.24) is 0 Å². The number of rotatable bonds is 17. The number of esters is 4. The highest BCUT2D eigenvalue weighted by atomic mass is 16.6. The smallest absolute Gasteiger partial charge is 0.311 e. The van der Waals surface area contributed by atoms with Crippen molar-refractivity contribution in [3.63, 3.8) is 0 Å². The molecule has 0 aliphatic heterocycles. The summed E-state index contributed by atoms with van der Waals surface area (Å²) in [6, 6.07) is 25.6. The van der Waals surface area contributed by atoms with Gasteiger partial charge in [-0.15, -0.1) is 0 Å². The van der Waals surface area contributed by atoms with E-state index in [0.717, 1.165) is 0 Å². The maximum absolute atomic E-state index is 13.1. The van der Waals surface area contributed by atoms with Gasteiger partial charge in [0, 0.05) is 32.7 Å². The molecule has 0 unspecified atom stereocenters. The van der Waals surface area contributed by atoms with Crippen LogP contribution in [0.1, 0.15) is 74.1 Å². The van der Waals surface area contributed by atoms with Gasteiger partial charge in [-0.1, -0.05) is 48.5 Å². The van der Waals surface area contributed by atoms with Crippen LogP contribution in [-0.4, -0.2) is 70.1 Å². The second-order valence-corrected chi connectivity index (χ2v) is 14.1. The average Bonchev–Trinajstić information content (AvgIpc) is 3.18. The number of hydrogen-bond acceptors (Lipinski definition) is 13. The molecule has 0 amide bonds. The minimum absolute atomic E-state index is 0.0258. The molecule has 5 aromatic rings. The van der Waals surface area contributed by atoms with Crippen molar-refractivity contribution in [3.05, 3.63) is 108 Å². The highest BCUT2D eigenvalue weighted by Crippen LogP contribution is 2.43. The average molecular weight is 779 g/mol. The summed E-state index contributed by atoms with van der Waals surface area (Å²) in [5, 5.41) is 21.7. The Kier molecular flexibility index (Phi) is 13.2.